The molecule has 0 spiro atoms. The normalized spacial score (nSPS) is 38.2. The van der Waals surface area contributed by atoms with Gasteiger partial charge in [0, 0.05) is 12.3 Å². The molecule has 0 aromatic heterocycles. The van der Waals surface area contributed by atoms with Crippen LogP contribution in [0.5, 0.6) is 0 Å². The van der Waals surface area contributed by atoms with Crippen LogP contribution in [0.3, 0.4) is 0 Å². The van der Waals surface area contributed by atoms with Crippen LogP contribution in [0.4, 0.5) is 0 Å². The fourth-order valence-corrected chi connectivity index (χ4v) is 1.98. The highest BCUT2D eigenvalue weighted by molar-refractivity contribution is 5.89. The predicted octanol–water partition coefficient (Wildman–Crippen LogP) is -1.91. The fraction of sp³-hybridized carbons (Fsp3) is 0.455. The first-order chi connectivity index (χ1) is 8.95. The molecule has 0 saturated carbocycles. The monoisotopic (exact) mass is 267 g/mol. The number of rotatable bonds is 2. The van der Waals surface area contributed by atoms with Gasteiger partial charge in [-0.05, 0) is 0 Å². The highest BCUT2D eigenvalue weighted by Gasteiger charge is 2.62. The molecule has 102 valence electrons. The number of hydrogen-bond donors (Lipinski definition) is 4. The number of nitrogens with zero attached hydrogens (tertiary/aromatic N) is 2. The molecule has 1 unspecified atom stereocenters. The minimum Gasteiger partial charge on any atom is -0.385 e. The average molecular weight is 267 g/mol. The minimum absolute atomic E-state index is 0.141. The van der Waals surface area contributed by atoms with E-state index in [1.807, 2.05) is 0 Å². The number of amides is 1. The Labute approximate surface area is 109 Å². The van der Waals surface area contributed by atoms with Gasteiger partial charge >= 0.3 is 5.72 Å². The van der Waals surface area contributed by atoms with Gasteiger partial charge in [0.15, 0.2) is 18.9 Å². The van der Waals surface area contributed by atoms with Crippen LogP contribution in [0.1, 0.15) is 0 Å². The van der Waals surface area contributed by atoms with Crippen molar-refractivity contribution in [2.24, 2.45) is 0 Å². The Morgan fingerprint density at radius 2 is 2.32 bits per heavy atom. The Hall–Kier alpha value is -1.92. The summed E-state index contributed by atoms with van der Waals surface area (Å²) in [7, 11) is 0. The van der Waals surface area contributed by atoms with Gasteiger partial charge in [-0.15, -0.1) is 0 Å². The summed E-state index contributed by atoms with van der Waals surface area (Å²) in [6, 6.07) is 0. The van der Waals surface area contributed by atoms with Crippen molar-refractivity contribution in [3.8, 4) is 0 Å². The second-order valence-corrected chi connectivity index (χ2v) is 4.22. The molecule has 1 saturated heterocycles. The van der Waals surface area contributed by atoms with E-state index in [9.17, 15) is 20.1 Å². The fourth-order valence-electron chi connectivity index (χ4n) is 1.98. The van der Waals surface area contributed by atoms with E-state index < -0.39 is 30.8 Å². The van der Waals surface area contributed by atoms with Crippen molar-refractivity contribution in [2.45, 2.75) is 24.2 Å². The van der Waals surface area contributed by atoms with Crippen molar-refractivity contribution < 1.29 is 24.9 Å². The lowest BCUT2D eigenvalue weighted by molar-refractivity contribution is -0.122. The Bertz CT molecular complexity index is 485. The Balaban J connectivity index is 2.28. The zero-order valence-corrected chi connectivity index (χ0v) is 9.85. The first kappa shape index (κ1) is 13.5. The van der Waals surface area contributed by atoms with Crippen LogP contribution in [-0.2, 0) is 9.53 Å². The molecule has 2 rings (SSSR count). The lowest BCUT2D eigenvalue weighted by Gasteiger charge is -2.31. The average Bonchev–Trinajstić information content (AvgIpc) is 2.64. The topological polar surface area (TPSA) is 107 Å². The first-order valence-electron chi connectivity index (χ1n) is 5.45. The summed E-state index contributed by atoms with van der Waals surface area (Å²) in [6.45, 7) is 9.81. The number of hydrogen-bond acceptors (Lipinski definition) is 6. The largest absolute Gasteiger partial charge is 0.390 e. The molecule has 2 heterocycles. The molecule has 0 aromatic rings. The highest BCUT2D eigenvalue weighted by Crippen LogP contribution is 2.35. The number of ether oxygens (including phenoxy) is 1. The summed E-state index contributed by atoms with van der Waals surface area (Å²) in [5, 5.41) is 31.4. The van der Waals surface area contributed by atoms with Crippen molar-refractivity contribution in [2.75, 3.05) is 6.61 Å². The van der Waals surface area contributed by atoms with Crippen molar-refractivity contribution in [3.63, 3.8) is 0 Å². The number of nitrogens with one attached hydrogen (secondary N) is 1. The van der Waals surface area contributed by atoms with E-state index in [2.05, 4.69) is 16.7 Å². The maximum Gasteiger partial charge on any atom is 0.390 e. The minimum atomic E-state index is -1.92. The van der Waals surface area contributed by atoms with E-state index >= 15 is 0 Å². The number of carbonyl (C=O) groups excluding carboxylic acids is 1. The molecule has 8 nitrogen and oxygen atoms in total. The smallest absolute Gasteiger partial charge is 0.385 e. The van der Waals surface area contributed by atoms with Gasteiger partial charge in [0.25, 0.3) is 5.91 Å². The van der Waals surface area contributed by atoms with E-state index in [1.54, 1.807) is 0 Å². The molecule has 4 N–H and O–H groups in total. The number of aliphatic hydroxyl groups is 3. The third-order valence-electron chi connectivity index (χ3n) is 3.06. The summed E-state index contributed by atoms with van der Waals surface area (Å²) in [6.07, 6.45) is -1.62. The van der Waals surface area contributed by atoms with Gasteiger partial charge in [0.1, 0.15) is 11.9 Å². The van der Waals surface area contributed by atoms with Crippen molar-refractivity contribution >= 4 is 5.91 Å². The number of carbonyl (C=O) groups is 1. The molecule has 0 radical (unpaired) electrons. The lowest BCUT2D eigenvalue weighted by Crippen LogP contribution is -2.46. The Morgan fingerprint density at radius 1 is 1.63 bits per heavy atom. The maximum absolute atomic E-state index is 11.1. The van der Waals surface area contributed by atoms with Crippen LogP contribution >= 0.6 is 0 Å². The van der Waals surface area contributed by atoms with Gasteiger partial charge in [-0.3, -0.25) is 14.4 Å². The molecule has 8 heteroatoms. The molecular formula is C11H13N3O5. The van der Waals surface area contributed by atoms with Gasteiger partial charge < -0.3 is 25.5 Å². The van der Waals surface area contributed by atoms with Gasteiger partial charge in [0.2, 0.25) is 0 Å². The van der Waals surface area contributed by atoms with E-state index in [4.69, 9.17) is 11.3 Å². The molecule has 4 atom stereocenters. The van der Waals surface area contributed by atoms with Crippen LogP contribution in [0, 0.1) is 6.57 Å². The van der Waals surface area contributed by atoms with Crippen LogP contribution in [0.15, 0.2) is 24.7 Å². The Kier molecular flexibility index (Phi) is 3.30. The summed E-state index contributed by atoms with van der Waals surface area (Å²) in [5.74, 6) is -0.240. The summed E-state index contributed by atoms with van der Waals surface area (Å²) in [5.41, 5.74) is -1.92. The third kappa shape index (κ3) is 1.98. The SMILES string of the molecule is [C-]#[N+][C@]1(CO)O[C@@H](N2C=CC(=O)NC2=C)[C@@H](O)C1O. The summed E-state index contributed by atoms with van der Waals surface area (Å²) < 4.78 is 5.28. The molecule has 0 aliphatic carbocycles. The second kappa shape index (κ2) is 4.64. The first-order valence-corrected chi connectivity index (χ1v) is 5.45. The zero-order valence-electron chi connectivity index (χ0n) is 9.85. The number of aliphatic hydroxyl groups excluding tert-OH is 3. The third-order valence-corrected chi connectivity index (χ3v) is 3.06. The Morgan fingerprint density at radius 3 is 2.79 bits per heavy atom. The summed E-state index contributed by atoms with van der Waals surface area (Å²) >= 11 is 0. The van der Waals surface area contributed by atoms with E-state index in [-0.39, 0.29) is 11.7 Å². The molecule has 1 fully saturated rings. The highest BCUT2D eigenvalue weighted by atomic mass is 16.6. The van der Waals surface area contributed by atoms with Crippen LogP contribution < -0.4 is 5.32 Å². The molecule has 2 aliphatic heterocycles. The molecule has 1 amide bonds. The van der Waals surface area contributed by atoms with Crippen molar-refractivity contribution in [1.82, 2.24) is 10.2 Å². The maximum atomic E-state index is 11.1. The molecular weight excluding hydrogens is 254 g/mol. The van der Waals surface area contributed by atoms with Crippen LogP contribution in [-0.4, -0.2) is 56.9 Å². The summed E-state index contributed by atoms with van der Waals surface area (Å²) in [4.78, 5) is 15.4. The predicted molar refractivity (Wildman–Crippen MR) is 61.6 cm³/mol. The van der Waals surface area contributed by atoms with E-state index in [0.717, 1.165) is 0 Å². The molecule has 0 bridgehead atoms. The molecule has 0 aromatic carbocycles. The van der Waals surface area contributed by atoms with Gasteiger partial charge in [0.05, 0.1) is 0 Å². The van der Waals surface area contributed by atoms with Crippen molar-refractivity contribution in [1.29, 1.82) is 0 Å². The van der Waals surface area contributed by atoms with Crippen LogP contribution in [0.25, 0.3) is 4.85 Å². The lowest BCUT2D eigenvalue weighted by atomic mass is 10.1. The standard InChI is InChI=1S/C11H13N3O5/c1-6-13-7(16)3-4-14(6)10-8(17)9(18)11(5-15,12-2)19-10/h3-4,8-10,15,17-18H,1,5H2,(H,13,16)/t8-,9?,10+,11+/m0/s1. The molecule has 19 heavy (non-hydrogen) atoms. The van der Waals surface area contributed by atoms with E-state index in [0.29, 0.717) is 0 Å². The van der Waals surface area contributed by atoms with Gasteiger partial charge in [-0.1, -0.05) is 6.58 Å². The van der Waals surface area contributed by atoms with E-state index in [1.165, 1.54) is 17.2 Å². The van der Waals surface area contributed by atoms with Gasteiger partial charge in [-0.2, -0.15) is 0 Å². The zero-order chi connectivity index (χ0) is 14.2. The quantitative estimate of drug-likeness (QED) is 0.435. The van der Waals surface area contributed by atoms with Crippen LogP contribution in [0.2, 0.25) is 0 Å². The molecule has 2 aliphatic rings. The second-order valence-electron chi connectivity index (χ2n) is 4.22. The van der Waals surface area contributed by atoms with Crippen molar-refractivity contribution in [3.05, 3.63) is 36.1 Å². The van der Waals surface area contributed by atoms with Gasteiger partial charge in [-0.25, -0.2) is 6.57 Å².